The number of benzene rings is 1. The van der Waals surface area contributed by atoms with Crippen LogP contribution in [0.2, 0.25) is 0 Å². The maximum absolute atomic E-state index is 13.4. The number of aryl methyl sites for hydroxylation is 1. The molecule has 0 bridgehead atoms. The first-order chi connectivity index (χ1) is 9.97. The number of hydrogen-bond donors (Lipinski definition) is 1. The van der Waals surface area contributed by atoms with Gasteiger partial charge in [-0.15, -0.1) is 0 Å². The number of rotatable bonds is 5. The van der Waals surface area contributed by atoms with E-state index in [1.165, 1.54) is 12.1 Å². The Hall–Kier alpha value is -1.20. The van der Waals surface area contributed by atoms with Crippen LogP contribution in [0.5, 0.6) is 0 Å². The van der Waals surface area contributed by atoms with Crippen molar-refractivity contribution in [3.8, 4) is 0 Å². The van der Waals surface area contributed by atoms with Crippen LogP contribution in [-0.2, 0) is 19.4 Å². The van der Waals surface area contributed by atoms with E-state index in [0.29, 0.717) is 6.54 Å². The van der Waals surface area contributed by atoms with Crippen molar-refractivity contribution in [2.75, 3.05) is 0 Å². The lowest BCUT2D eigenvalue weighted by molar-refractivity contribution is 0.197. The smallest absolute Gasteiger partial charge is 0.123 e. The Kier molecular flexibility index (Phi) is 5.17. The van der Waals surface area contributed by atoms with Crippen LogP contribution >= 0.6 is 15.9 Å². The van der Waals surface area contributed by atoms with Crippen molar-refractivity contribution in [1.82, 2.24) is 9.78 Å². The van der Waals surface area contributed by atoms with E-state index in [0.717, 1.165) is 39.8 Å². The summed E-state index contributed by atoms with van der Waals surface area (Å²) in [5.41, 5.74) is 3.67. The van der Waals surface area contributed by atoms with Crippen molar-refractivity contribution < 1.29 is 9.50 Å². The molecule has 1 atom stereocenters. The molecule has 0 fully saturated rings. The molecule has 2 aromatic rings. The van der Waals surface area contributed by atoms with Gasteiger partial charge in [-0.05, 0) is 43.5 Å². The Morgan fingerprint density at radius 1 is 1.33 bits per heavy atom. The summed E-state index contributed by atoms with van der Waals surface area (Å²) in [4.78, 5) is 0. The highest BCUT2D eigenvalue weighted by Gasteiger charge is 2.19. The Balaban J connectivity index is 2.46. The third-order valence-corrected chi connectivity index (χ3v) is 4.36. The van der Waals surface area contributed by atoms with Crippen LogP contribution in [0, 0.1) is 5.82 Å². The second-order valence-corrected chi connectivity index (χ2v) is 5.94. The van der Waals surface area contributed by atoms with Crippen LogP contribution in [0.1, 0.15) is 49.4 Å². The van der Waals surface area contributed by atoms with Crippen LogP contribution < -0.4 is 0 Å². The van der Waals surface area contributed by atoms with E-state index in [1.54, 1.807) is 13.0 Å². The van der Waals surface area contributed by atoms with Gasteiger partial charge in [0.25, 0.3) is 0 Å². The molecule has 0 spiro atoms. The van der Waals surface area contributed by atoms with E-state index in [9.17, 15) is 9.50 Å². The topological polar surface area (TPSA) is 38.0 Å². The van der Waals surface area contributed by atoms with Gasteiger partial charge in [-0.3, -0.25) is 4.68 Å². The second-order valence-electron chi connectivity index (χ2n) is 5.08. The second kappa shape index (κ2) is 6.71. The largest absolute Gasteiger partial charge is 0.389 e. The molecule has 3 nitrogen and oxygen atoms in total. The average molecular weight is 355 g/mol. The summed E-state index contributed by atoms with van der Waals surface area (Å²) >= 11 is 3.45. The normalized spacial score (nSPS) is 12.7. The standard InChI is InChI=1S/C16H20BrFN2O/c1-4-14-16(10(3)21)15(5-2)20(19-14)9-11-8-12(18)6-7-13(11)17/h6-8,10,21H,4-5,9H2,1-3H3. The first-order valence-electron chi connectivity index (χ1n) is 7.18. The molecule has 2 rings (SSSR count). The minimum absolute atomic E-state index is 0.259. The van der Waals surface area contributed by atoms with Gasteiger partial charge in [-0.25, -0.2) is 4.39 Å². The highest BCUT2D eigenvalue weighted by molar-refractivity contribution is 9.10. The lowest BCUT2D eigenvalue weighted by Gasteiger charge is -2.11. The molecule has 1 aromatic heterocycles. The van der Waals surface area contributed by atoms with Gasteiger partial charge in [0.05, 0.1) is 18.3 Å². The third kappa shape index (κ3) is 3.35. The number of aromatic nitrogens is 2. The van der Waals surface area contributed by atoms with Crippen molar-refractivity contribution in [2.45, 2.75) is 46.3 Å². The number of hydrogen-bond acceptors (Lipinski definition) is 2. The lowest BCUT2D eigenvalue weighted by Crippen LogP contribution is -2.08. The predicted molar refractivity (Wildman–Crippen MR) is 84.8 cm³/mol. The summed E-state index contributed by atoms with van der Waals surface area (Å²) in [6, 6.07) is 4.64. The summed E-state index contributed by atoms with van der Waals surface area (Å²) in [5, 5.41) is 14.6. The molecule has 1 heterocycles. The molecule has 0 radical (unpaired) electrons. The van der Waals surface area contributed by atoms with Crippen LogP contribution in [0.3, 0.4) is 0 Å². The Bertz CT molecular complexity index is 637. The molecule has 114 valence electrons. The summed E-state index contributed by atoms with van der Waals surface area (Å²) in [6.45, 7) is 6.31. The van der Waals surface area contributed by atoms with Crippen molar-refractivity contribution >= 4 is 15.9 Å². The first-order valence-corrected chi connectivity index (χ1v) is 7.97. The Labute approximate surface area is 132 Å². The van der Waals surface area contributed by atoms with Gasteiger partial charge in [0.2, 0.25) is 0 Å². The molecule has 0 aliphatic carbocycles. The maximum Gasteiger partial charge on any atom is 0.123 e. The lowest BCUT2D eigenvalue weighted by atomic mass is 10.0. The monoisotopic (exact) mass is 354 g/mol. The minimum atomic E-state index is -0.542. The zero-order valence-corrected chi connectivity index (χ0v) is 14.1. The van der Waals surface area contributed by atoms with E-state index in [4.69, 9.17) is 0 Å². The molecule has 0 aliphatic rings. The Morgan fingerprint density at radius 2 is 2.05 bits per heavy atom. The molecule has 21 heavy (non-hydrogen) atoms. The molecule has 0 amide bonds. The SMILES string of the molecule is CCc1nn(Cc2cc(F)ccc2Br)c(CC)c1C(C)O. The van der Waals surface area contributed by atoms with Crippen LogP contribution in [-0.4, -0.2) is 14.9 Å². The molecule has 0 aliphatic heterocycles. The number of halogens is 2. The zero-order chi connectivity index (χ0) is 15.6. The molecule has 1 aromatic carbocycles. The average Bonchev–Trinajstić information content (AvgIpc) is 2.80. The van der Waals surface area contributed by atoms with Crippen molar-refractivity contribution in [3.05, 3.63) is 51.0 Å². The number of aliphatic hydroxyl groups is 1. The Morgan fingerprint density at radius 3 is 2.62 bits per heavy atom. The van der Waals surface area contributed by atoms with Crippen LogP contribution in [0.15, 0.2) is 22.7 Å². The molecule has 0 saturated heterocycles. The van der Waals surface area contributed by atoms with Gasteiger partial charge >= 0.3 is 0 Å². The number of nitrogens with zero attached hydrogens (tertiary/aromatic N) is 2. The fourth-order valence-electron chi connectivity index (χ4n) is 2.64. The van der Waals surface area contributed by atoms with Gasteiger partial charge in [-0.2, -0.15) is 5.10 Å². The predicted octanol–water partition coefficient (Wildman–Crippen LogP) is 4.01. The highest BCUT2D eigenvalue weighted by Crippen LogP contribution is 2.26. The van der Waals surface area contributed by atoms with E-state index in [1.807, 2.05) is 18.5 Å². The maximum atomic E-state index is 13.4. The third-order valence-electron chi connectivity index (χ3n) is 3.59. The fourth-order valence-corrected chi connectivity index (χ4v) is 3.01. The first kappa shape index (κ1) is 16.2. The molecule has 1 unspecified atom stereocenters. The highest BCUT2D eigenvalue weighted by atomic mass is 79.9. The molecule has 0 saturated carbocycles. The van der Waals surface area contributed by atoms with Gasteiger partial charge in [0.1, 0.15) is 5.82 Å². The molecule has 5 heteroatoms. The van der Waals surface area contributed by atoms with Gasteiger partial charge in [0, 0.05) is 15.7 Å². The molecular formula is C16H20BrFN2O. The van der Waals surface area contributed by atoms with Crippen molar-refractivity contribution in [3.63, 3.8) is 0 Å². The van der Waals surface area contributed by atoms with E-state index in [2.05, 4.69) is 21.0 Å². The minimum Gasteiger partial charge on any atom is -0.389 e. The van der Waals surface area contributed by atoms with E-state index < -0.39 is 6.10 Å². The molecule has 1 N–H and O–H groups in total. The zero-order valence-electron chi connectivity index (χ0n) is 12.5. The van der Waals surface area contributed by atoms with E-state index in [-0.39, 0.29) is 5.82 Å². The molecular weight excluding hydrogens is 335 g/mol. The van der Waals surface area contributed by atoms with Gasteiger partial charge in [-0.1, -0.05) is 29.8 Å². The summed E-state index contributed by atoms with van der Waals surface area (Å²) in [7, 11) is 0. The van der Waals surface area contributed by atoms with E-state index >= 15 is 0 Å². The van der Waals surface area contributed by atoms with Gasteiger partial charge in [0.15, 0.2) is 0 Å². The number of aliphatic hydroxyl groups excluding tert-OH is 1. The van der Waals surface area contributed by atoms with Crippen LogP contribution in [0.4, 0.5) is 4.39 Å². The van der Waals surface area contributed by atoms with Crippen molar-refractivity contribution in [2.24, 2.45) is 0 Å². The quantitative estimate of drug-likeness (QED) is 0.880. The van der Waals surface area contributed by atoms with Crippen LogP contribution in [0.25, 0.3) is 0 Å². The van der Waals surface area contributed by atoms with Gasteiger partial charge < -0.3 is 5.11 Å². The van der Waals surface area contributed by atoms with Crippen molar-refractivity contribution in [1.29, 1.82) is 0 Å². The summed E-state index contributed by atoms with van der Waals surface area (Å²) in [5.74, 6) is -0.259. The summed E-state index contributed by atoms with van der Waals surface area (Å²) in [6.07, 6.45) is 1.00. The fraction of sp³-hybridized carbons (Fsp3) is 0.438. The summed E-state index contributed by atoms with van der Waals surface area (Å²) < 4.78 is 16.2.